The van der Waals surface area contributed by atoms with Crippen LogP contribution in [0.4, 0.5) is 8.78 Å². The minimum absolute atomic E-state index is 0.0445. The molecule has 1 aliphatic heterocycles. The summed E-state index contributed by atoms with van der Waals surface area (Å²) in [6, 6.07) is 14.7. The van der Waals surface area contributed by atoms with Gasteiger partial charge in [0.15, 0.2) is 5.67 Å². The molecule has 2 aromatic carbocycles. The van der Waals surface area contributed by atoms with Crippen molar-refractivity contribution in [3.8, 4) is 5.69 Å². The Balaban J connectivity index is 1.19. The number of amides is 3. The van der Waals surface area contributed by atoms with Gasteiger partial charge >= 0.3 is 0 Å². The van der Waals surface area contributed by atoms with Crippen molar-refractivity contribution in [3.63, 3.8) is 0 Å². The van der Waals surface area contributed by atoms with Crippen LogP contribution in [0.25, 0.3) is 5.69 Å². The lowest BCUT2D eigenvalue weighted by Crippen LogP contribution is -2.55. The number of piperidine rings is 1. The molecule has 11 heteroatoms. The number of alkyl halides is 1. The Kier molecular flexibility index (Phi) is 8.44. The van der Waals surface area contributed by atoms with Crippen LogP contribution in [-0.4, -0.2) is 69.8 Å². The van der Waals surface area contributed by atoms with Crippen molar-refractivity contribution in [1.29, 1.82) is 0 Å². The number of hydrogen-bond donors (Lipinski definition) is 3. The molecule has 1 saturated heterocycles. The largest absolute Gasteiger partial charge is 0.367 e. The van der Waals surface area contributed by atoms with Crippen LogP contribution in [0.3, 0.4) is 0 Å². The second-order valence-electron chi connectivity index (χ2n) is 10.8. The quantitative estimate of drug-likeness (QED) is 0.309. The Morgan fingerprint density at radius 1 is 1.07 bits per heavy atom. The standard InChI is InChI=1S/C30H34F2N6O3/c31-22-8-4-20(5-9-22)24-19-26(24)34-14-1-3-25(28(40)37-17-12-30(32,13-18-37)29(33)41)36-27(39)21-6-10-23(11-7-21)38-16-2-15-35-38/h2,4-11,15-16,24-26,34H,1,3,12-14,17-19H2,(H2,33,41)(H,36,39)/t24-,25+,26+/m0/s1. The minimum atomic E-state index is -2.12. The topological polar surface area (TPSA) is 122 Å². The smallest absolute Gasteiger partial charge is 0.255 e. The first-order valence-electron chi connectivity index (χ1n) is 13.9. The maximum atomic E-state index is 14.7. The number of carbonyl (C=O) groups is 3. The van der Waals surface area contributed by atoms with Gasteiger partial charge in [0.05, 0.1) is 5.69 Å². The van der Waals surface area contributed by atoms with Crippen molar-refractivity contribution < 1.29 is 23.2 Å². The zero-order valence-electron chi connectivity index (χ0n) is 22.6. The fourth-order valence-corrected chi connectivity index (χ4v) is 5.33. The van der Waals surface area contributed by atoms with E-state index in [4.69, 9.17) is 5.73 Å². The lowest BCUT2D eigenvalue weighted by Gasteiger charge is -2.36. The van der Waals surface area contributed by atoms with Crippen molar-refractivity contribution >= 4 is 17.7 Å². The Bertz CT molecular complexity index is 1360. The van der Waals surface area contributed by atoms with Gasteiger partial charge in [-0.1, -0.05) is 12.1 Å². The lowest BCUT2D eigenvalue weighted by molar-refractivity contribution is -0.141. The van der Waals surface area contributed by atoms with Gasteiger partial charge in [-0.3, -0.25) is 14.4 Å². The predicted octanol–water partition coefficient (Wildman–Crippen LogP) is 2.85. The van der Waals surface area contributed by atoms with Gasteiger partial charge in [-0.05, 0) is 73.8 Å². The number of halogens is 2. The number of rotatable bonds is 11. The molecule has 2 aliphatic rings. The van der Waals surface area contributed by atoms with E-state index in [1.165, 1.54) is 17.0 Å². The first kappa shape index (κ1) is 28.4. The zero-order valence-corrected chi connectivity index (χ0v) is 22.6. The summed E-state index contributed by atoms with van der Waals surface area (Å²) in [5.41, 5.74) is 5.37. The van der Waals surface area contributed by atoms with E-state index < -0.39 is 23.5 Å². The molecule has 1 aliphatic carbocycles. The average Bonchev–Trinajstić information content (AvgIpc) is 3.53. The van der Waals surface area contributed by atoms with Crippen LogP contribution in [0.5, 0.6) is 0 Å². The third-order valence-electron chi connectivity index (χ3n) is 7.98. The van der Waals surface area contributed by atoms with E-state index in [9.17, 15) is 23.2 Å². The van der Waals surface area contributed by atoms with Crippen LogP contribution in [-0.2, 0) is 9.59 Å². The van der Waals surface area contributed by atoms with Crippen molar-refractivity contribution in [1.82, 2.24) is 25.3 Å². The fourth-order valence-electron chi connectivity index (χ4n) is 5.33. The summed E-state index contributed by atoms with van der Waals surface area (Å²) in [6.45, 7) is 0.724. The summed E-state index contributed by atoms with van der Waals surface area (Å²) in [5, 5.41) is 10.5. The third kappa shape index (κ3) is 6.79. The predicted molar refractivity (Wildman–Crippen MR) is 148 cm³/mol. The van der Waals surface area contributed by atoms with Crippen LogP contribution in [0.15, 0.2) is 67.0 Å². The summed E-state index contributed by atoms with van der Waals surface area (Å²) < 4.78 is 29.6. The molecular weight excluding hydrogens is 530 g/mol. The summed E-state index contributed by atoms with van der Waals surface area (Å²) in [6.07, 6.45) is 5.07. The highest BCUT2D eigenvalue weighted by Gasteiger charge is 2.42. The van der Waals surface area contributed by atoms with Crippen molar-refractivity contribution in [2.75, 3.05) is 19.6 Å². The molecule has 1 saturated carbocycles. The SMILES string of the molecule is NC(=O)C1(F)CCN(C(=O)[C@@H](CCCN[C@@H]2C[C@H]2c2ccc(F)cc2)NC(=O)c2ccc(-n3cccn3)cc2)CC1. The average molecular weight is 565 g/mol. The van der Waals surface area contributed by atoms with E-state index in [1.54, 1.807) is 59.5 Å². The first-order valence-corrected chi connectivity index (χ1v) is 13.9. The van der Waals surface area contributed by atoms with Gasteiger partial charge in [0.25, 0.3) is 11.8 Å². The van der Waals surface area contributed by atoms with E-state index in [-0.39, 0.29) is 43.7 Å². The van der Waals surface area contributed by atoms with E-state index in [0.29, 0.717) is 30.9 Å². The number of carbonyl (C=O) groups excluding carboxylic acids is 3. The highest BCUT2D eigenvalue weighted by molar-refractivity contribution is 5.97. The van der Waals surface area contributed by atoms with Gasteiger partial charge in [0, 0.05) is 55.8 Å². The Morgan fingerprint density at radius 2 is 1.78 bits per heavy atom. The zero-order chi connectivity index (χ0) is 29.0. The molecule has 0 spiro atoms. The Morgan fingerprint density at radius 3 is 2.41 bits per heavy atom. The highest BCUT2D eigenvalue weighted by atomic mass is 19.1. The van der Waals surface area contributed by atoms with E-state index in [2.05, 4.69) is 15.7 Å². The number of nitrogens with one attached hydrogen (secondary N) is 2. The van der Waals surface area contributed by atoms with Crippen molar-refractivity contribution in [2.45, 2.75) is 55.8 Å². The number of hydrogen-bond acceptors (Lipinski definition) is 5. The van der Waals surface area contributed by atoms with Gasteiger partial charge in [0.2, 0.25) is 5.91 Å². The second-order valence-corrected chi connectivity index (χ2v) is 10.8. The summed E-state index contributed by atoms with van der Waals surface area (Å²) in [7, 11) is 0. The van der Waals surface area contributed by atoms with Crippen molar-refractivity contribution in [3.05, 3.63) is 83.9 Å². The number of benzene rings is 2. The second kappa shape index (κ2) is 12.2. The molecule has 0 unspecified atom stereocenters. The number of likely N-dealkylation sites (tertiary alicyclic amines) is 1. The molecular formula is C30H34F2N6O3. The minimum Gasteiger partial charge on any atom is -0.367 e. The number of primary amides is 1. The van der Waals surface area contributed by atoms with Crippen molar-refractivity contribution in [2.24, 2.45) is 5.73 Å². The van der Waals surface area contributed by atoms with Gasteiger partial charge in [0.1, 0.15) is 11.9 Å². The van der Waals surface area contributed by atoms with Crippen LogP contribution in [0.2, 0.25) is 0 Å². The summed E-state index contributed by atoms with van der Waals surface area (Å²) in [5.74, 6) is -1.65. The summed E-state index contributed by atoms with van der Waals surface area (Å²) >= 11 is 0. The van der Waals surface area contributed by atoms with E-state index in [0.717, 1.165) is 17.7 Å². The maximum absolute atomic E-state index is 14.7. The Labute approximate surface area is 237 Å². The molecule has 216 valence electrons. The molecule has 3 aromatic rings. The molecule has 4 N–H and O–H groups in total. The van der Waals surface area contributed by atoms with Gasteiger partial charge < -0.3 is 21.3 Å². The normalized spacial score (nSPS) is 20.3. The Hall–Kier alpha value is -4.12. The molecule has 2 fully saturated rings. The number of aromatic nitrogens is 2. The maximum Gasteiger partial charge on any atom is 0.255 e. The molecule has 1 aromatic heterocycles. The van der Waals surface area contributed by atoms with Crippen LogP contribution < -0.4 is 16.4 Å². The molecule has 0 radical (unpaired) electrons. The highest BCUT2D eigenvalue weighted by Crippen LogP contribution is 2.40. The summed E-state index contributed by atoms with van der Waals surface area (Å²) in [4.78, 5) is 39.6. The van der Waals surface area contributed by atoms with Gasteiger partial charge in [-0.25, -0.2) is 13.5 Å². The number of nitrogens with two attached hydrogens (primary N) is 1. The van der Waals surface area contributed by atoms with Gasteiger partial charge in [-0.2, -0.15) is 5.10 Å². The van der Waals surface area contributed by atoms with Crippen LogP contribution in [0, 0.1) is 5.82 Å². The third-order valence-corrected chi connectivity index (χ3v) is 7.98. The lowest BCUT2D eigenvalue weighted by atomic mass is 9.92. The van der Waals surface area contributed by atoms with Crippen LogP contribution >= 0.6 is 0 Å². The van der Waals surface area contributed by atoms with E-state index >= 15 is 0 Å². The molecule has 3 atom stereocenters. The monoisotopic (exact) mass is 564 g/mol. The van der Waals surface area contributed by atoms with Gasteiger partial charge in [-0.15, -0.1) is 0 Å². The van der Waals surface area contributed by atoms with Crippen LogP contribution in [0.1, 0.15) is 53.9 Å². The molecule has 2 heterocycles. The molecule has 3 amide bonds. The fraction of sp³-hybridized carbons (Fsp3) is 0.400. The first-order chi connectivity index (χ1) is 19.7. The molecule has 9 nitrogen and oxygen atoms in total. The number of nitrogens with zero attached hydrogens (tertiary/aromatic N) is 3. The molecule has 5 rings (SSSR count). The van der Waals surface area contributed by atoms with E-state index in [1.807, 2.05) is 0 Å². The molecule has 41 heavy (non-hydrogen) atoms. The molecule has 0 bridgehead atoms.